The first-order valence-corrected chi connectivity index (χ1v) is 6.86. The number of hydrogen-bond donors (Lipinski definition) is 3. The van der Waals surface area contributed by atoms with Gasteiger partial charge in [-0.2, -0.15) is 0 Å². The van der Waals surface area contributed by atoms with Gasteiger partial charge in [-0.1, -0.05) is 0 Å². The molecular weight excluding hydrogens is 272 g/mol. The topological polar surface area (TPSA) is 92.4 Å². The molecule has 21 heavy (non-hydrogen) atoms. The molecule has 1 aromatic heterocycles. The zero-order valence-electron chi connectivity index (χ0n) is 12.6. The van der Waals surface area contributed by atoms with Crippen LogP contribution in [0.1, 0.15) is 24.2 Å². The minimum Gasteiger partial charge on any atom is -0.383 e. The van der Waals surface area contributed by atoms with Crippen LogP contribution in [-0.4, -0.2) is 49.6 Å². The molecule has 0 fully saturated rings. The Morgan fingerprint density at radius 2 is 2.19 bits per heavy atom. The number of methoxy groups -OCH3 is 1. The zero-order valence-corrected chi connectivity index (χ0v) is 12.6. The Hall–Kier alpha value is -2.15. The summed E-state index contributed by atoms with van der Waals surface area (Å²) in [6.45, 7) is 5.04. The third kappa shape index (κ3) is 5.39. The molecule has 0 aliphatic rings. The van der Waals surface area contributed by atoms with Gasteiger partial charge in [0.1, 0.15) is 11.9 Å². The number of pyridine rings is 1. The van der Waals surface area contributed by atoms with Crippen LogP contribution in [0.15, 0.2) is 18.3 Å². The van der Waals surface area contributed by atoms with Gasteiger partial charge in [-0.3, -0.25) is 9.59 Å². The second-order valence-electron chi connectivity index (χ2n) is 4.41. The van der Waals surface area contributed by atoms with Gasteiger partial charge in [0.2, 0.25) is 5.91 Å². The number of ether oxygens (including phenoxy) is 1. The maximum absolute atomic E-state index is 12.2. The number of carbonyl (C=O) groups excluding carboxylic acids is 2. The quantitative estimate of drug-likeness (QED) is 0.603. The molecule has 0 bridgehead atoms. The molecule has 0 aromatic carbocycles. The number of aromatic nitrogens is 1. The van der Waals surface area contributed by atoms with Gasteiger partial charge in [0, 0.05) is 26.4 Å². The van der Waals surface area contributed by atoms with E-state index in [2.05, 4.69) is 20.9 Å². The third-order valence-electron chi connectivity index (χ3n) is 2.74. The first-order valence-electron chi connectivity index (χ1n) is 6.86. The van der Waals surface area contributed by atoms with E-state index in [1.165, 1.54) is 0 Å². The molecule has 0 saturated heterocycles. The largest absolute Gasteiger partial charge is 0.383 e. The maximum atomic E-state index is 12.2. The molecule has 0 spiro atoms. The molecule has 1 atom stereocenters. The van der Waals surface area contributed by atoms with Gasteiger partial charge in [-0.25, -0.2) is 4.98 Å². The molecule has 0 aliphatic heterocycles. The first-order chi connectivity index (χ1) is 10.1. The highest BCUT2D eigenvalue weighted by Gasteiger charge is 2.18. The second-order valence-corrected chi connectivity index (χ2v) is 4.41. The fraction of sp³-hybridized carbons (Fsp3) is 0.500. The van der Waals surface area contributed by atoms with Crippen LogP contribution in [0.25, 0.3) is 0 Å². The van der Waals surface area contributed by atoms with Crippen LogP contribution >= 0.6 is 0 Å². The molecular formula is C14H22N4O3. The molecule has 7 nitrogen and oxygen atoms in total. The summed E-state index contributed by atoms with van der Waals surface area (Å²) >= 11 is 0. The summed E-state index contributed by atoms with van der Waals surface area (Å²) < 4.78 is 4.85. The van der Waals surface area contributed by atoms with Crippen LogP contribution in [-0.2, 0) is 9.53 Å². The lowest BCUT2D eigenvalue weighted by molar-refractivity contribution is -0.122. The molecule has 0 saturated carbocycles. The van der Waals surface area contributed by atoms with Gasteiger partial charge in [0.15, 0.2) is 0 Å². The van der Waals surface area contributed by atoms with Crippen molar-refractivity contribution in [1.82, 2.24) is 15.6 Å². The minimum absolute atomic E-state index is 0.255. The predicted molar refractivity (Wildman–Crippen MR) is 80.2 cm³/mol. The lowest BCUT2D eigenvalue weighted by Crippen LogP contribution is -2.45. The highest BCUT2D eigenvalue weighted by atomic mass is 16.5. The van der Waals surface area contributed by atoms with Crippen molar-refractivity contribution in [3.63, 3.8) is 0 Å². The Balaban J connectivity index is 2.62. The van der Waals surface area contributed by atoms with Crippen molar-refractivity contribution >= 4 is 17.6 Å². The van der Waals surface area contributed by atoms with Crippen LogP contribution in [0.4, 0.5) is 5.82 Å². The summed E-state index contributed by atoms with van der Waals surface area (Å²) in [4.78, 5) is 28.1. The maximum Gasteiger partial charge on any atom is 0.255 e. The molecule has 2 amide bonds. The van der Waals surface area contributed by atoms with Gasteiger partial charge in [0.05, 0.1) is 12.2 Å². The lowest BCUT2D eigenvalue weighted by Gasteiger charge is -2.15. The number of rotatable bonds is 8. The second kappa shape index (κ2) is 8.91. The summed E-state index contributed by atoms with van der Waals surface area (Å²) in [5, 5.41) is 8.33. The van der Waals surface area contributed by atoms with E-state index in [1.807, 2.05) is 6.92 Å². The average Bonchev–Trinajstić information content (AvgIpc) is 2.48. The fourth-order valence-corrected chi connectivity index (χ4v) is 1.67. The summed E-state index contributed by atoms with van der Waals surface area (Å²) in [5.74, 6) is -0.0905. The van der Waals surface area contributed by atoms with E-state index in [4.69, 9.17) is 4.74 Å². The molecule has 0 radical (unpaired) electrons. The lowest BCUT2D eigenvalue weighted by atomic mass is 10.2. The smallest absolute Gasteiger partial charge is 0.255 e. The predicted octanol–water partition coefficient (Wildman–Crippen LogP) is 0.394. The van der Waals surface area contributed by atoms with E-state index in [-0.39, 0.29) is 11.8 Å². The van der Waals surface area contributed by atoms with Crippen molar-refractivity contribution in [3.8, 4) is 0 Å². The molecule has 1 aromatic rings. The van der Waals surface area contributed by atoms with E-state index in [9.17, 15) is 9.59 Å². The number of nitrogens with zero attached hydrogens (tertiary/aromatic N) is 1. The van der Waals surface area contributed by atoms with Gasteiger partial charge in [0.25, 0.3) is 5.91 Å². The van der Waals surface area contributed by atoms with Crippen molar-refractivity contribution in [1.29, 1.82) is 0 Å². The monoisotopic (exact) mass is 294 g/mol. The molecule has 7 heteroatoms. The van der Waals surface area contributed by atoms with Crippen molar-refractivity contribution < 1.29 is 14.3 Å². The van der Waals surface area contributed by atoms with Gasteiger partial charge < -0.3 is 20.7 Å². The molecule has 1 heterocycles. The zero-order chi connectivity index (χ0) is 15.7. The highest BCUT2D eigenvalue weighted by Crippen LogP contribution is 2.11. The summed E-state index contributed by atoms with van der Waals surface area (Å²) in [7, 11) is 1.56. The van der Waals surface area contributed by atoms with Crippen LogP contribution in [0, 0.1) is 0 Å². The SMILES string of the molecule is CCNc1ncccc1C(=O)NC(C)C(=O)NCCOC. The van der Waals surface area contributed by atoms with Crippen LogP contribution in [0.3, 0.4) is 0 Å². The molecule has 1 rings (SSSR count). The average molecular weight is 294 g/mol. The minimum atomic E-state index is -0.635. The van der Waals surface area contributed by atoms with Gasteiger partial charge in [-0.05, 0) is 26.0 Å². The highest BCUT2D eigenvalue weighted by molar-refractivity contribution is 6.00. The Morgan fingerprint density at radius 3 is 2.86 bits per heavy atom. The standard InChI is InChI=1S/C14H22N4O3/c1-4-15-12-11(6-5-7-16-12)14(20)18-10(2)13(19)17-8-9-21-3/h5-7,10H,4,8-9H2,1-3H3,(H,15,16)(H,17,19)(H,18,20). The van der Waals surface area contributed by atoms with Crippen LogP contribution in [0.2, 0.25) is 0 Å². The Labute approximate surface area is 124 Å². The van der Waals surface area contributed by atoms with E-state index in [1.54, 1.807) is 32.4 Å². The van der Waals surface area contributed by atoms with Crippen LogP contribution < -0.4 is 16.0 Å². The fourth-order valence-electron chi connectivity index (χ4n) is 1.67. The first kappa shape index (κ1) is 16.9. The normalized spacial score (nSPS) is 11.6. The van der Waals surface area contributed by atoms with Gasteiger partial charge in [-0.15, -0.1) is 0 Å². The van der Waals surface area contributed by atoms with E-state index in [0.29, 0.717) is 31.1 Å². The van der Waals surface area contributed by atoms with Crippen molar-refractivity contribution in [3.05, 3.63) is 23.9 Å². The Bertz CT molecular complexity index is 479. The van der Waals surface area contributed by atoms with Crippen molar-refractivity contribution in [2.45, 2.75) is 19.9 Å². The van der Waals surface area contributed by atoms with E-state index >= 15 is 0 Å². The third-order valence-corrected chi connectivity index (χ3v) is 2.74. The molecule has 116 valence electrons. The van der Waals surface area contributed by atoms with Crippen LogP contribution in [0.5, 0.6) is 0 Å². The number of amides is 2. The number of hydrogen-bond acceptors (Lipinski definition) is 5. The van der Waals surface area contributed by atoms with Crippen molar-refractivity contribution in [2.75, 3.05) is 32.1 Å². The van der Waals surface area contributed by atoms with Crippen molar-refractivity contribution in [2.24, 2.45) is 0 Å². The van der Waals surface area contributed by atoms with E-state index in [0.717, 1.165) is 0 Å². The summed E-state index contributed by atoms with van der Waals surface area (Å²) in [6, 6.07) is 2.71. The molecule has 0 aliphatic carbocycles. The number of carbonyl (C=O) groups is 2. The molecule has 3 N–H and O–H groups in total. The van der Waals surface area contributed by atoms with Gasteiger partial charge >= 0.3 is 0 Å². The number of anilines is 1. The Morgan fingerprint density at radius 1 is 1.43 bits per heavy atom. The Kier molecular flexibility index (Phi) is 7.17. The van der Waals surface area contributed by atoms with E-state index < -0.39 is 6.04 Å². The number of nitrogens with one attached hydrogen (secondary N) is 3. The summed E-state index contributed by atoms with van der Waals surface area (Å²) in [5.41, 5.74) is 0.413. The summed E-state index contributed by atoms with van der Waals surface area (Å²) in [6.07, 6.45) is 1.61. The molecule has 1 unspecified atom stereocenters.